The molecule has 0 aliphatic heterocycles. The number of aromatic nitrogens is 4. The highest BCUT2D eigenvalue weighted by Gasteiger charge is 2.14. The molecule has 0 radical (unpaired) electrons. The average Bonchev–Trinajstić information content (AvgIpc) is 3.08. The molecular formula is C17H19N5O4S. The van der Waals surface area contributed by atoms with Crippen molar-refractivity contribution in [3.05, 3.63) is 40.3 Å². The third kappa shape index (κ3) is 4.05. The summed E-state index contributed by atoms with van der Waals surface area (Å²) in [4.78, 5) is 26.6. The lowest BCUT2D eigenvalue weighted by Gasteiger charge is -2.11. The van der Waals surface area contributed by atoms with Gasteiger partial charge in [0.05, 0.1) is 25.7 Å². The summed E-state index contributed by atoms with van der Waals surface area (Å²) in [5.74, 6) is 1.40. The molecule has 3 rings (SSSR count). The fraction of sp³-hybridized carbons (Fsp3) is 0.294. The van der Waals surface area contributed by atoms with E-state index < -0.39 is 0 Å². The minimum atomic E-state index is -0.229. The first-order chi connectivity index (χ1) is 13.0. The smallest absolute Gasteiger partial charge is 0.252 e. The molecule has 1 aromatic carbocycles. The van der Waals surface area contributed by atoms with Crippen LogP contribution in [0, 0.1) is 0 Å². The number of nitrogens with one attached hydrogen (secondary N) is 2. The van der Waals surface area contributed by atoms with Crippen molar-refractivity contribution in [1.29, 1.82) is 0 Å². The van der Waals surface area contributed by atoms with Gasteiger partial charge in [0.25, 0.3) is 5.56 Å². The average molecular weight is 389 g/mol. The number of carbonyl (C=O) groups is 1. The van der Waals surface area contributed by atoms with E-state index in [2.05, 4.69) is 20.5 Å². The van der Waals surface area contributed by atoms with Gasteiger partial charge >= 0.3 is 0 Å². The summed E-state index contributed by atoms with van der Waals surface area (Å²) >= 11 is 1.23. The van der Waals surface area contributed by atoms with Crippen molar-refractivity contribution in [3.8, 4) is 11.5 Å². The number of anilines is 1. The van der Waals surface area contributed by atoms with Crippen LogP contribution in [0.4, 0.5) is 5.69 Å². The van der Waals surface area contributed by atoms with Crippen LogP contribution in [0.3, 0.4) is 0 Å². The maximum atomic E-state index is 12.3. The first-order valence-electron chi connectivity index (χ1n) is 8.17. The Balaban J connectivity index is 1.73. The van der Waals surface area contributed by atoms with Crippen LogP contribution < -0.4 is 20.3 Å². The summed E-state index contributed by atoms with van der Waals surface area (Å²) in [6.07, 6.45) is 0.640. The van der Waals surface area contributed by atoms with Gasteiger partial charge in [-0.1, -0.05) is 18.7 Å². The summed E-state index contributed by atoms with van der Waals surface area (Å²) in [7, 11) is 3.08. The monoisotopic (exact) mass is 389 g/mol. The Morgan fingerprint density at radius 1 is 1.26 bits per heavy atom. The van der Waals surface area contributed by atoms with Crippen LogP contribution in [-0.4, -0.2) is 45.5 Å². The van der Waals surface area contributed by atoms with E-state index in [1.165, 1.54) is 24.9 Å². The minimum absolute atomic E-state index is 0.123. The minimum Gasteiger partial charge on any atom is -0.497 e. The number of carbonyl (C=O) groups excluding carboxylic acids is 1. The van der Waals surface area contributed by atoms with Gasteiger partial charge in [-0.15, -0.1) is 10.2 Å². The molecule has 2 N–H and O–H groups in total. The number of benzene rings is 1. The predicted octanol–water partition coefficient (Wildman–Crippen LogP) is 1.73. The topological polar surface area (TPSA) is 111 Å². The quantitative estimate of drug-likeness (QED) is 0.592. The molecule has 0 spiro atoms. The molecule has 9 nitrogen and oxygen atoms in total. The maximum absolute atomic E-state index is 12.3. The normalized spacial score (nSPS) is 10.8. The standard InChI is InChI=1S/C17H19N5O4S/c1-4-10-7-14(23)19-16-20-21-17(22(10)16)27-9-15(24)18-12-6-5-11(25-2)8-13(12)26-3/h5-8H,4,9H2,1-3H3,(H,18,24)(H,19,20,23). The number of fused-ring (bicyclic) bond motifs is 1. The van der Waals surface area contributed by atoms with Gasteiger partial charge in [0.15, 0.2) is 5.16 Å². The van der Waals surface area contributed by atoms with Crippen LogP contribution >= 0.6 is 11.8 Å². The summed E-state index contributed by atoms with van der Waals surface area (Å²) in [5, 5.41) is 11.4. The van der Waals surface area contributed by atoms with Gasteiger partial charge < -0.3 is 14.8 Å². The van der Waals surface area contributed by atoms with Crippen molar-refractivity contribution in [2.45, 2.75) is 18.5 Å². The molecule has 27 heavy (non-hydrogen) atoms. The number of ether oxygens (including phenoxy) is 2. The molecule has 0 aliphatic rings. The second-order valence-electron chi connectivity index (χ2n) is 5.52. The van der Waals surface area contributed by atoms with Gasteiger partial charge in [-0.2, -0.15) is 0 Å². The third-order valence-corrected chi connectivity index (χ3v) is 4.76. The van der Waals surface area contributed by atoms with E-state index >= 15 is 0 Å². The number of rotatable bonds is 7. The number of thioether (sulfide) groups is 1. The first kappa shape index (κ1) is 18.8. The molecule has 0 bridgehead atoms. The second-order valence-corrected chi connectivity index (χ2v) is 6.47. The van der Waals surface area contributed by atoms with E-state index in [0.29, 0.717) is 34.5 Å². The number of aryl methyl sites for hydroxylation is 1. The van der Waals surface area contributed by atoms with E-state index in [1.54, 1.807) is 29.7 Å². The molecule has 142 valence electrons. The van der Waals surface area contributed by atoms with E-state index in [4.69, 9.17) is 9.47 Å². The Morgan fingerprint density at radius 3 is 2.78 bits per heavy atom. The SMILES string of the molecule is CCc1cc(=O)[nH]c2nnc(SCC(=O)Nc3ccc(OC)cc3OC)n12. The zero-order chi connectivity index (χ0) is 19.4. The Labute approximate surface area is 159 Å². The van der Waals surface area contributed by atoms with Crippen LogP contribution in [-0.2, 0) is 11.2 Å². The van der Waals surface area contributed by atoms with Crippen molar-refractivity contribution in [2.75, 3.05) is 25.3 Å². The lowest BCUT2D eigenvalue weighted by molar-refractivity contribution is -0.113. The summed E-state index contributed by atoms with van der Waals surface area (Å²) in [6.45, 7) is 1.94. The number of nitrogens with zero attached hydrogens (tertiary/aromatic N) is 3. The van der Waals surface area contributed by atoms with Gasteiger partial charge in [-0.25, -0.2) is 0 Å². The molecule has 0 saturated heterocycles. The highest BCUT2D eigenvalue weighted by atomic mass is 32.2. The fourth-order valence-corrected chi connectivity index (χ4v) is 3.31. The number of hydrogen-bond donors (Lipinski definition) is 2. The van der Waals surface area contributed by atoms with Crippen molar-refractivity contribution in [3.63, 3.8) is 0 Å². The lowest BCUT2D eigenvalue weighted by Crippen LogP contribution is -2.15. The molecule has 0 aliphatic carbocycles. The zero-order valence-electron chi connectivity index (χ0n) is 15.1. The molecule has 0 unspecified atom stereocenters. The predicted molar refractivity (Wildman–Crippen MR) is 102 cm³/mol. The third-order valence-electron chi connectivity index (χ3n) is 3.83. The van der Waals surface area contributed by atoms with Crippen LogP contribution in [0.25, 0.3) is 5.78 Å². The largest absolute Gasteiger partial charge is 0.497 e. The second kappa shape index (κ2) is 8.12. The van der Waals surface area contributed by atoms with Crippen LogP contribution in [0.5, 0.6) is 11.5 Å². The first-order valence-corrected chi connectivity index (χ1v) is 9.16. The van der Waals surface area contributed by atoms with Crippen LogP contribution in [0.1, 0.15) is 12.6 Å². The fourth-order valence-electron chi connectivity index (χ4n) is 2.54. The molecule has 10 heteroatoms. The van der Waals surface area contributed by atoms with Crippen LogP contribution in [0.2, 0.25) is 0 Å². The number of hydrogen-bond acceptors (Lipinski definition) is 7. The number of amides is 1. The molecule has 2 aromatic heterocycles. The van der Waals surface area contributed by atoms with E-state index in [-0.39, 0.29) is 17.2 Å². The van der Waals surface area contributed by atoms with E-state index in [9.17, 15) is 9.59 Å². The Hall–Kier alpha value is -3.01. The van der Waals surface area contributed by atoms with Crippen molar-refractivity contribution in [1.82, 2.24) is 19.6 Å². The summed E-state index contributed by atoms with van der Waals surface area (Å²) < 4.78 is 12.2. The number of methoxy groups -OCH3 is 2. The van der Waals surface area contributed by atoms with Crippen molar-refractivity contribution < 1.29 is 14.3 Å². The number of H-pyrrole nitrogens is 1. The highest BCUT2D eigenvalue weighted by Crippen LogP contribution is 2.29. The summed E-state index contributed by atoms with van der Waals surface area (Å²) in [6, 6.07) is 6.65. The zero-order valence-corrected chi connectivity index (χ0v) is 15.9. The molecule has 0 saturated carbocycles. The van der Waals surface area contributed by atoms with Crippen molar-refractivity contribution in [2.24, 2.45) is 0 Å². The van der Waals surface area contributed by atoms with E-state index in [0.717, 1.165) is 5.69 Å². The maximum Gasteiger partial charge on any atom is 0.252 e. The van der Waals surface area contributed by atoms with Gasteiger partial charge in [0.2, 0.25) is 11.7 Å². The molecule has 0 atom stereocenters. The van der Waals surface area contributed by atoms with Gasteiger partial charge in [-0.05, 0) is 18.6 Å². The molecular weight excluding hydrogens is 370 g/mol. The van der Waals surface area contributed by atoms with E-state index in [1.807, 2.05) is 6.92 Å². The Kier molecular flexibility index (Phi) is 5.65. The molecule has 3 aromatic rings. The van der Waals surface area contributed by atoms with Gasteiger partial charge in [-0.3, -0.25) is 19.0 Å². The Bertz CT molecular complexity index is 1030. The Morgan fingerprint density at radius 2 is 2.07 bits per heavy atom. The molecule has 2 heterocycles. The summed E-state index contributed by atoms with van der Waals surface area (Å²) in [5.41, 5.74) is 1.10. The molecule has 0 fully saturated rings. The van der Waals surface area contributed by atoms with Gasteiger partial charge in [0.1, 0.15) is 11.5 Å². The van der Waals surface area contributed by atoms with Crippen molar-refractivity contribution >= 4 is 29.1 Å². The lowest BCUT2D eigenvalue weighted by atomic mass is 10.2. The van der Waals surface area contributed by atoms with Gasteiger partial charge in [0, 0.05) is 17.8 Å². The highest BCUT2D eigenvalue weighted by molar-refractivity contribution is 7.99. The molecule has 1 amide bonds. The number of aromatic amines is 1. The van der Waals surface area contributed by atoms with Crippen LogP contribution in [0.15, 0.2) is 34.2 Å².